The number of nitrogens with zero attached hydrogens (tertiary/aromatic N) is 2. The van der Waals surface area contributed by atoms with Crippen molar-refractivity contribution in [2.24, 2.45) is 11.7 Å². The number of ether oxygens (including phenoxy) is 1. The van der Waals surface area contributed by atoms with Gasteiger partial charge < -0.3 is 15.4 Å². The Balaban J connectivity index is 0.00000182. The van der Waals surface area contributed by atoms with Crippen LogP contribution in [-0.2, 0) is 11.3 Å². The van der Waals surface area contributed by atoms with Gasteiger partial charge in [-0.25, -0.2) is 4.39 Å². The molecule has 2 heterocycles. The van der Waals surface area contributed by atoms with E-state index in [2.05, 4.69) is 9.80 Å². The Labute approximate surface area is 173 Å². The molecule has 1 aromatic carbocycles. The maximum Gasteiger partial charge on any atom is 0.222 e. The quantitative estimate of drug-likeness (QED) is 0.766. The normalized spacial score (nSPS) is 22.5. The van der Waals surface area contributed by atoms with Crippen molar-refractivity contribution in [3.05, 3.63) is 29.6 Å². The summed E-state index contributed by atoms with van der Waals surface area (Å²) < 4.78 is 19.0. The number of nitrogens with two attached hydrogens (primary N) is 1. The summed E-state index contributed by atoms with van der Waals surface area (Å²) in [6.07, 6.45) is 3.40. The number of piperidine rings is 2. The highest BCUT2D eigenvalue weighted by atomic mass is 35.5. The fraction of sp³-hybridized carbons (Fsp3) is 0.632. The van der Waals surface area contributed by atoms with Crippen molar-refractivity contribution in [2.75, 3.05) is 33.3 Å². The summed E-state index contributed by atoms with van der Waals surface area (Å²) in [6.45, 7) is 3.92. The summed E-state index contributed by atoms with van der Waals surface area (Å²) in [5.41, 5.74) is 6.50. The molecule has 5 nitrogen and oxygen atoms in total. The minimum atomic E-state index is -0.234. The molecule has 0 saturated carbocycles. The Hall–Kier alpha value is -1.08. The number of carbonyl (C=O) groups is 1. The molecule has 0 bridgehead atoms. The molecule has 0 aliphatic carbocycles. The van der Waals surface area contributed by atoms with Gasteiger partial charge in [0.15, 0.2) is 0 Å². The highest BCUT2D eigenvalue weighted by molar-refractivity contribution is 5.85. The Bertz CT molecular complexity index is 621. The lowest BCUT2D eigenvalue weighted by Gasteiger charge is -2.47. The first-order valence-electron chi connectivity index (χ1n) is 9.16. The van der Waals surface area contributed by atoms with Crippen molar-refractivity contribution < 1.29 is 13.9 Å². The molecule has 2 fully saturated rings. The molecule has 154 valence electrons. The first-order chi connectivity index (χ1) is 12.1. The van der Waals surface area contributed by atoms with Gasteiger partial charge in [-0.15, -0.1) is 24.8 Å². The zero-order valence-electron chi connectivity index (χ0n) is 15.7. The van der Waals surface area contributed by atoms with Crippen molar-refractivity contribution in [3.63, 3.8) is 0 Å². The smallest absolute Gasteiger partial charge is 0.222 e. The molecular formula is C19H30Cl2FN3O2. The van der Waals surface area contributed by atoms with Gasteiger partial charge in [0.1, 0.15) is 11.6 Å². The highest BCUT2D eigenvalue weighted by Gasteiger charge is 2.38. The van der Waals surface area contributed by atoms with Crippen molar-refractivity contribution in [1.29, 1.82) is 0 Å². The molecule has 0 radical (unpaired) electrons. The summed E-state index contributed by atoms with van der Waals surface area (Å²) in [4.78, 5) is 16.7. The number of fused-ring (bicyclic) bond motifs is 1. The summed E-state index contributed by atoms with van der Waals surface area (Å²) in [5, 5.41) is 0. The van der Waals surface area contributed by atoms with E-state index in [1.807, 2.05) is 0 Å². The molecule has 0 aromatic heterocycles. The fourth-order valence-corrected chi connectivity index (χ4v) is 4.23. The standard InChI is InChI=1S/C19H28FN3O2.2ClH/c1-25-18-5-4-16(20)11-15(18)13-22-10-7-17-14(12-22)3-6-19(24)23(17)9-2-8-21;;/h4-5,11,14,17H,2-3,6-10,12-13,21H2,1H3;2*1H/t14-,17+;;/m0../s1. The molecule has 0 unspecified atom stereocenters. The molecule has 1 amide bonds. The number of hydrogen-bond acceptors (Lipinski definition) is 4. The number of likely N-dealkylation sites (tertiary alicyclic amines) is 2. The minimum absolute atomic E-state index is 0. The third kappa shape index (κ3) is 5.70. The van der Waals surface area contributed by atoms with Crippen molar-refractivity contribution in [2.45, 2.75) is 38.3 Å². The molecule has 2 aliphatic heterocycles. The maximum absolute atomic E-state index is 13.6. The van der Waals surface area contributed by atoms with Crippen LogP contribution >= 0.6 is 24.8 Å². The molecular weight excluding hydrogens is 392 g/mol. The van der Waals surface area contributed by atoms with Crippen LogP contribution in [0.3, 0.4) is 0 Å². The molecule has 3 rings (SSSR count). The van der Waals surface area contributed by atoms with Gasteiger partial charge in [-0.3, -0.25) is 9.69 Å². The van der Waals surface area contributed by atoms with Crippen LogP contribution in [0.5, 0.6) is 5.75 Å². The van der Waals surface area contributed by atoms with Crippen LogP contribution in [0.2, 0.25) is 0 Å². The van der Waals surface area contributed by atoms with Crippen LogP contribution in [0.1, 0.15) is 31.2 Å². The minimum Gasteiger partial charge on any atom is -0.496 e. The molecule has 2 N–H and O–H groups in total. The zero-order valence-corrected chi connectivity index (χ0v) is 17.4. The van der Waals surface area contributed by atoms with E-state index in [1.54, 1.807) is 19.2 Å². The topological polar surface area (TPSA) is 58.8 Å². The average Bonchev–Trinajstić information content (AvgIpc) is 2.61. The summed E-state index contributed by atoms with van der Waals surface area (Å²) in [7, 11) is 1.62. The van der Waals surface area contributed by atoms with Gasteiger partial charge in [0, 0.05) is 44.2 Å². The van der Waals surface area contributed by atoms with Crippen LogP contribution in [0.4, 0.5) is 4.39 Å². The van der Waals surface area contributed by atoms with Crippen LogP contribution in [0.25, 0.3) is 0 Å². The molecule has 2 saturated heterocycles. The molecule has 8 heteroatoms. The Morgan fingerprint density at radius 2 is 2.07 bits per heavy atom. The Morgan fingerprint density at radius 1 is 1.30 bits per heavy atom. The van der Waals surface area contributed by atoms with E-state index in [4.69, 9.17) is 10.5 Å². The van der Waals surface area contributed by atoms with Gasteiger partial charge in [0.2, 0.25) is 5.91 Å². The van der Waals surface area contributed by atoms with E-state index < -0.39 is 0 Å². The lowest BCUT2D eigenvalue weighted by molar-refractivity contribution is -0.141. The highest BCUT2D eigenvalue weighted by Crippen LogP contribution is 2.32. The lowest BCUT2D eigenvalue weighted by Crippen LogP contribution is -2.56. The Morgan fingerprint density at radius 3 is 2.78 bits per heavy atom. The summed E-state index contributed by atoms with van der Waals surface area (Å²) in [5.74, 6) is 1.26. The predicted octanol–water partition coefficient (Wildman–Crippen LogP) is 2.84. The van der Waals surface area contributed by atoms with Gasteiger partial charge in [-0.05, 0) is 49.9 Å². The van der Waals surface area contributed by atoms with Gasteiger partial charge >= 0.3 is 0 Å². The zero-order chi connectivity index (χ0) is 17.8. The van der Waals surface area contributed by atoms with Gasteiger partial charge in [0.25, 0.3) is 0 Å². The van der Waals surface area contributed by atoms with Crippen LogP contribution < -0.4 is 10.5 Å². The van der Waals surface area contributed by atoms with Crippen molar-refractivity contribution in [1.82, 2.24) is 9.80 Å². The van der Waals surface area contributed by atoms with E-state index in [0.29, 0.717) is 31.5 Å². The number of halogens is 3. The van der Waals surface area contributed by atoms with E-state index in [9.17, 15) is 9.18 Å². The number of amides is 1. The third-order valence-corrected chi connectivity index (χ3v) is 5.47. The number of hydrogen-bond donors (Lipinski definition) is 1. The predicted molar refractivity (Wildman–Crippen MR) is 109 cm³/mol. The number of rotatable bonds is 6. The van der Waals surface area contributed by atoms with Crippen molar-refractivity contribution >= 4 is 30.7 Å². The van der Waals surface area contributed by atoms with Crippen LogP contribution in [0.15, 0.2) is 18.2 Å². The largest absolute Gasteiger partial charge is 0.496 e. The summed E-state index contributed by atoms with van der Waals surface area (Å²) >= 11 is 0. The first kappa shape index (κ1) is 24.0. The van der Waals surface area contributed by atoms with Crippen LogP contribution in [-0.4, -0.2) is 55.0 Å². The van der Waals surface area contributed by atoms with Crippen molar-refractivity contribution in [3.8, 4) is 5.75 Å². The average molecular weight is 422 g/mol. The SMILES string of the molecule is COc1ccc(F)cc1CN1CC[C@@H]2[C@@H](CCC(=O)N2CCCN)C1.Cl.Cl. The molecule has 2 atom stereocenters. The molecule has 2 aliphatic rings. The summed E-state index contributed by atoms with van der Waals surface area (Å²) in [6, 6.07) is 5.00. The first-order valence-corrected chi connectivity index (χ1v) is 9.16. The van der Waals surface area contributed by atoms with E-state index in [-0.39, 0.29) is 36.5 Å². The van der Waals surface area contributed by atoms with E-state index in [0.717, 1.165) is 50.2 Å². The van der Waals surface area contributed by atoms with Gasteiger partial charge in [0.05, 0.1) is 7.11 Å². The third-order valence-electron chi connectivity index (χ3n) is 5.47. The monoisotopic (exact) mass is 421 g/mol. The van der Waals surface area contributed by atoms with Gasteiger partial charge in [-0.2, -0.15) is 0 Å². The fourth-order valence-electron chi connectivity index (χ4n) is 4.23. The van der Waals surface area contributed by atoms with Crippen LogP contribution in [0, 0.1) is 11.7 Å². The lowest BCUT2D eigenvalue weighted by atomic mass is 9.83. The molecule has 0 spiro atoms. The molecule has 1 aromatic rings. The number of benzene rings is 1. The second-order valence-corrected chi connectivity index (χ2v) is 7.08. The van der Waals surface area contributed by atoms with E-state index >= 15 is 0 Å². The number of carbonyl (C=O) groups excluding carboxylic acids is 1. The molecule has 27 heavy (non-hydrogen) atoms. The van der Waals surface area contributed by atoms with E-state index in [1.165, 1.54) is 6.07 Å². The second kappa shape index (κ2) is 11.1. The number of methoxy groups -OCH3 is 1. The van der Waals surface area contributed by atoms with Gasteiger partial charge in [-0.1, -0.05) is 0 Å². The maximum atomic E-state index is 13.6. The Kier molecular flexibility index (Phi) is 9.81. The second-order valence-electron chi connectivity index (χ2n) is 7.08.